The monoisotopic (exact) mass is 370 g/mol. The van der Waals surface area contributed by atoms with Crippen molar-refractivity contribution in [2.75, 3.05) is 44.3 Å². The molecule has 2 fully saturated rings. The summed E-state index contributed by atoms with van der Waals surface area (Å²) in [6.45, 7) is 3.62. The Labute approximate surface area is 158 Å². The third kappa shape index (κ3) is 3.78. The highest BCUT2D eigenvalue weighted by molar-refractivity contribution is 5.79. The van der Waals surface area contributed by atoms with Crippen LogP contribution in [0.25, 0.3) is 11.3 Å². The Hall–Kier alpha value is -2.54. The topological polar surface area (TPSA) is 58.6 Å². The van der Waals surface area contributed by atoms with Crippen molar-refractivity contribution in [2.24, 2.45) is 5.92 Å². The largest absolute Gasteiger partial charge is 0.381 e. The van der Waals surface area contributed by atoms with Crippen molar-refractivity contribution >= 4 is 11.7 Å². The molecule has 1 aromatic heterocycles. The third-order valence-electron chi connectivity index (χ3n) is 5.28. The smallest absolute Gasteiger partial charge is 0.225 e. The summed E-state index contributed by atoms with van der Waals surface area (Å²) in [7, 11) is 0. The van der Waals surface area contributed by atoms with Gasteiger partial charge in [-0.15, -0.1) is 0 Å². The lowest BCUT2D eigenvalue weighted by Crippen LogP contribution is -2.51. The van der Waals surface area contributed by atoms with E-state index in [1.54, 1.807) is 0 Å². The highest BCUT2D eigenvalue weighted by atomic mass is 19.1. The molecule has 2 aromatic rings. The molecule has 2 aliphatic rings. The molecule has 0 saturated carbocycles. The summed E-state index contributed by atoms with van der Waals surface area (Å²) in [6.07, 6.45) is 2.99. The first-order valence-electron chi connectivity index (χ1n) is 9.41. The molecule has 142 valence electrons. The van der Waals surface area contributed by atoms with Gasteiger partial charge in [-0.05, 0) is 12.8 Å². The van der Waals surface area contributed by atoms with Crippen molar-refractivity contribution in [3.05, 3.63) is 42.5 Å². The average Bonchev–Trinajstić information content (AvgIpc) is 2.75. The summed E-state index contributed by atoms with van der Waals surface area (Å²) in [6, 6.07) is 9.27. The molecular weight excluding hydrogens is 347 g/mol. The first-order valence-corrected chi connectivity index (χ1v) is 9.41. The van der Waals surface area contributed by atoms with Gasteiger partial charge in [0.25, 0.3) is 0 Å². The molecule has 1 aromatic carbocycles. The van der Waals surface area contributed by atoms with Crippen LogP contribution in [0.5, 0.6) is 0 Å². The van der Waals surface area contributed by atoms with Gasteiger partial charge in [0.05, 0.1) is 0 Å². The van der Waals surface area contributed by atoms with E-state index in [-0.39, 0.29) is 11.8 Å². The van der Waals surface area contributed by atoms with Crippen molar-refractivity contribution in [1.29, 1.82) is 0 Å². The van der Waals surface area contributed by atoms with Gasteiger partial charge in [0.1, 0.15) is 12.0 Å². The fourth-order valence-corrected chi connectivity index (χ4v) is 3.72. The Morgan fingerprint density at radius 1 is 1.04 bits per heavy atom. The zero-order valence-electron chi connectivity index (χ0n) is 15.2. The number of carbonyl (C=O) groups is 1. The van der Waals surface area contributed by atoms with Crippen LogP contribution in [0.2, 0.25) is 0 Å². The van der Waals surface area contributed by atoms with Gasteiger partial charge in [-0.2, -0.15) is 0 Å². The number of piperazine rings is 1. The predicted molar refractivity (Wildman–Crippen MR) is 99.8 cm³/mol. The van der Waals surface area contributed by atoms with Crippen molar-refractivity contribution in [3.8, 4) is 11.3 Å². The summed E-state index contributed by atoms with van der Waals surface area (Å²) >= 11 is 0. The molecule has 4 rings (SSSR count). The van der Waals surface area contributed by atoms with Crippen molar-refractivity contribution in [3.63, 3.8) is 0 Å². The summed E-state index contributed by atoms with van der Waals surface area (Å²) < 4.78 is 20.4. The minimum Gasteiger partial charge on any atom is -0.381 e. The fourth-order valence-electron chi connectivity index (χ4n) is 3.72. The molecule has 6 nitrogen and oxygen atoms in total. The van der Waals surface area contributed by atoms with E-state index in [1.165, 1.54) is 6.33 Å². The first kappa shape index (κ1) is 17.9. The second-order valence-electron chi connectivity index (χ2n) is 6.92. The Morgan fingerprint density at radius 3 is 2.44 bits per heavy atom. The SMILES string of the molecule is O=C(C1CCOCC1)N1CCN(c2ncnc(-c3ccccc3)c2F)CC1. The molecule has 0 bridgehead atoms. The molecule has 1 amide bonds. The second-order valence-corrected chi connectivity index (χ2v) is 6.92. The minimum atomic E-state index is -0.409. The van der Waals surface area contributed by atoms with Gasteiger partial charge < -0.3 is 14.5 Å². The zero-order chi connectivity index (χ0) is 18.6. The van der Waals surface area contributed by atoms with E-state index in [0.29, 0.717) is 50.9 Å². The molecule has 0 N–H and O–H groups in total. The maximum atomic E-state index is 15.0. The Morgan fingerprint density at radius 2 is 1.74 bits per heavy atom. The van der Waals surface area contributed by atoms with Gasteiger partial charge in [0.15, 0.2) is 11.6 Å². The quantitative estimate of drug-likeness (QED) is 0.830. The number of aromatic nitrogens is 2. The number of halogens is 1. The maximum Gasteiger partial charge on any atom is 0.225 e. The highest BCUT2D eigenvalue weighted by Crippen LogP contribution is 2.27. The van der Waals surface area contributed by atoms with Crippen molar-refractivity contribution < 1.29 is 13.9 Å². The Bertz CT molecular complexity index is 788. The summed E-state index contributed by atoms with van der Waals surface area (Å²) in [5.74, 6) is 0.159. The van der Waals surface area contributed by atoms with E-state index < -0.39 is 5.82 Å². The number of nitrogens with zero attached hydrogens (tertiary/aromatic N) is 4. The first-order chi connectivity index (χ1) is 13.2. The van der Waals surface area contributed by atoms with Crippen LogP contribution in [0.15, 0.2) is 36.7 Å². The van der Waals surface area contributed by atoms with E-state index in [4.69, 9.17) is 4.74 Å². The highest BCUT2D eigenvalue weighted by Gasteiger charge is 2.30. The molecule has 0 atom stereocenters. The van der Waals surface area contributed by atoms with Crippen molar-refractivity contribution in [1.82, 2.24) is 14.9 Å². The average molecular weight is 370 g/mol. The molecule has 27 heavy (non-hydrogen) atoms. The molecule has 0 unspecified atom stereocenters. The second kappa shape index (κ2) is 8.00. The van der Waals surface area contributed by atoms with E-state index in [1.807, 2.05) is 40.1 Å². The number of benzene rings is 1. The molecule has 3 heterocycles. The molecule has 7 heteroatoms. The lowest BCUT2D eigenvalue weighted by atomic mass is 9.98. The van der Waals surface area contributed by atoms with Crippen LogP contribution in [0.3, 0.4) is 0 Å². The number of hydrogen-bond acceptors (Lipinski definition) is 5. The minimum absolute atomic E-state index is 0.0609. The van der Waals surface area contributed by atoms with Crippen LogP contribution in [-0.4, -0.2) is 60.2 Å². The lowest BCUT2D eigenvalue weighted by Gasteiger charge is -2.37. The number of ether oxygens (including phenoxy) is 1. The van der Waals surface area contributed by atoms with Gasteiger partial charge in [0.2, 0.25) is 5.91 Å². The van der Waals surface area contributed by atoms with Crippen molar-refractivity contribution in [2.45, 2.75) is 12.8 Å². The van der Waals surface area contributed by atoms with E-state index in [0.717, 1.165) is 18.4 Å². The zero-order valence-corrected chi connectivity index (χ0v) is 15.2. The van der Waals surface area contributed by atoms with Crippen LogP contribution in [0, 0.1) is 11.7 Å². The standard InChI is InChI=1S/C20H23FN4O2/c21-17-18(15-4-2-1-3-5-15)22-14-23-19(17)24-8-10-25(11-9-24)20(26)16-6-12-27-13-7-16/h1-5,14,16H,6-13H2. The predicted octanol–water partition coefficient (Wildman–Crippen LogP) is 2.36. The number of carbonyl (C=O) groups excluding carboxylic acids is 1. The van der Waals surface area contributed by atoms with Crippen LogP contribution in [-0.2, 0) is 9.53 Å². The molecule has 2 aliphatic heterocycles. The number of anilines is 1. The normalized spacial score (nSPS) is 18.6. The molecule has 2 saturated heterocycles. The van der Waals surface area contributed by atoms with Gasteiger partial charge >= 0.3 is 0 Å². The third-order valence-corrected chi connectivity index (χ3v) is 5.28. The molecule has 0 radical (unpaired) electrons. The summed E-state index contributed by atoms with van der Waals surface area (Å²) in [4.78, 5) is 24.7. The Balaban J connectivity index is 1.45. The van der Waals surface area contributed by atoms with Gasteiger partial charge in [-0.1, -0.05) is 30.3 Å². The van der Waals surface area contributed by atoms with E-state index in [9.17, 15) is 4.79 Å². The number of rotatable bonds is 3. The Kier molecular flexibility index (Phi) is 5.29. The van der Waals surface area contributed by atoms with Gasteiger partial charge in [-0.3, -0.25) is 4.79 Å². The summed E-state index contributed by atoms with van der Waals surface area (Å²) in [5, 5.41) is 0. The number of amides is 1. The van der Waals surface area contributed by atoms with E-state index >= 15 is 4.39 Å². The van der Waals surface area contributed by atoms with Gasteiger partial charge in [0, 0.05) is 50.9 Å². The molecular formula is C20H23FN4O2. The van der Waals surface area contributed by atoms with Crippen LogP contribution < -0.4 is 4.90 Å². The lowest BCUT2D eigenvalue weighted by molar-refractivity contribution is -0.138. The molecule has 0 spiro atoms. The van der Waals surface area contributed by atoms with Gasteiger partial charge in [-0.25, -0.2) is 14.4 Å². The van der Waals surface area contributed by atoms with Crippen LogP contribution in [0.4, 0.5) is 10.2 Å². The maximum absolute atomic E-state index is 15.0. The van der Waals surface area contributed by atoms with Crippen LogP contribution >= 0.6 is 0 Å². The fraction of sp³-hybridized carbons (Fsp3) is 0.450. The molecule has 0 aliphatic carbocycles. The van der Waals surface area contributed by atoms with Crippen LogP contribution in [0.1, 0.15) is 12.8 Å². The van der Waals surface area contributed by atoms with E-state index in [2.05, 4.69) is 9.97 Å². The summed E-state index contributed by atoms with van der Waals surface area (Å²) in [5.41, 5.74) is 1.04. The number of hydrogen-bond donors (Lipinski definition) is 0.